The van der Waals surface area contributed by atoms with E-state index in [0.29, 0.717) is 44.3 Å². The first kappa shape index (κ1) is 18.2. The van der Waals surface area contributed by atoms with Crippen LogP contribution in [0.4, 0.5) is 18.9 Å². The number of anilines is 1. The Labute approximate surface area is 145 Å². The van der Waals surface area contributed by atoms with Crippen molar-refractivity contribution in [2.24, 2.45) is 5.41 Å². The van der Waals surface area contributed by atoms with Crippen molar-refractivity contribution in [1.29, 1.82) is 0 Å². The Morgan fingerprint density at radius 1 is 1.08 bits per heavy atom. The Hall–Kier alpha value is -1.56. The van der Waals surface area contributed by atoms with Gasteiger partial charge >= 0.3 is 6.18 Å². The van der Waals surface area contributed by atoms with Crippen LogP contribution in [0.2, 0.25) is 0 Å². The molecule has 3 nitrogen and oxygen atoms in total. The number of amides is 1. The normalized spacial score (nSPS) is 30.3. The SMILES string of the molecule is CCC1(O)CCC2(CCN(c3ccc(CC(F)(F)F)cc3)C2=O)CC1. The second kappa shape index (κ2) is 6.31. The summed E-state index contributed by atoms with van der Waals surface area (Å²) in [4.78, 5) is 14.6. The number of carbonyl (C=O) groups is 1. The first-order valence-corrected chi connectivity index (χ1v) is 8.87. The van der Waals surface area contributed by atoms with Crippen LogP contribution in [-0.2, 0) is 11.2 Å². The molecule has 1 heterocycles. The fourth-order valence-electron chi connectivity index (χ4n) is 4.10. The van der Waals surface area contributed by atoms with E-state index >= 15 is 0 Å². The predicted octanol–water partition coefficient (Wildman–Crippen LogP) is 4.23. The highest BCUT2D eigenvalue weighted by atomic mass is 19.4. The van der Waals surface area contributed by atoms with Gasteiger partial charge in [-0.2, -0.15) is 13.2 Å². The Morgan fingerprint density at radius 3 is 2.20 bits per heavy atom. The maximum atomic E-state index is 13.0. The molecule has 1 aromatic rings. The topological polar surface area (TPSA) is 40.5 Å². The van der Waals surface area contributed by atoms with Crippen LogP contribution >= 0.6 is 0 Å². The van der Waals surface area contributed by atoms with Crippen LogP contribution in [0.5, 0.6) is 0 Å². The van der Waals surface area contributed by atoms with Crippen LogP contribution in [0, 0.1) is 5.41 Å². The van der Waals surface area contributed by atoms with Crippen LogP contribution in [0.25, 0.3) is 0 Å². The number of hydrogen-bond donors (Lipinski definition) is 1. The van der Waals surface area contributed by atoms with E-state index in [4.69, 9.17) is 0 Å². The van der Waals surface area contributed by atoms with Gasteiger partial charge < -0.3 is 10.0 Å². The molecule has 1 spiro atoms. The summed E-state index contributed by atoms with van der Waals surface area (Å²) in [6, 6.07) is 6.09. The zero-order valence-electron chi connectivity index (χ0n) is 14.4. The third kappa shape index (κ3) is 3.68. The molecule has 25 heavy (non-hydrogen) atoms. The van der Waals surface area contributed by atoms with Crippen LogP contribution in [0.3, 0.4) is 0 Å². The van der Waals surface area contributed by atoms with E-state index in [9.17, 15) is 23.1 Å². The van der Waals surface area contributed by atoms with Crippen LogP contribution in [0.1, 0.15) is 51.0 Å². The van der Waals surface area contributed by atoms with E-state index in [1.165, 1.54) is 12.1 Å². The fourth-order valence-corrected chi connectivity index (χ4v) is 4.10. The first-order chi connectivity index (χ1) is 11.7. The maximum Gasteiger partial charge on any atom is 0.393 e. The maximum absolute atomic E-state index is 13.0. The molecule has 1 saturated heterocycles. The molecule has 3 rings (SSSR count). The molecule has 2 aliphatic rings. The molecule has 0 unspecified atom stereocenters. The summed E-state index contributed by atoms with van der Waals surface area (Å²) < 4.78 is 37.4. The Kier molecular flexibility index (Phi) is 4.60. The third-order valence-corrected chi connectivity index (χ3v) is 5.96. The lowest BCUT2D eigenvalue weighted by Crippen LogP contribution is -2.43. The minimum absolute atomic E-state index is 0.0502. The minimum Gasteiger partial charge on any atom is -0.390 e. The molecule has 1 aliphatic carbocycles. The van der Waals surface area contributed by atoms with Crippen molar-refractivity contribution >= 4 is 11.6 Å². The van der Waals surface area contributed by atoms with Gasteiger partial charge in [-0.25, -0.2) is 0 Å². The molecular weight excluding hydrogens is 331 g/mol. The number of rotatable bonds is 3. The van der Waals surface area contributed by atoms with Crippen molar-refractivity contribution < 1.29 is 23.1 Å². The van der Waals surface area contributed by atoms with Crippen molar-refractivity contribution in [2.45, 2.75) is 63.6 Å². The summed E-state index contributed by atoms with van der Waals surface area (Å²) in [5.41, 5.74) is -0.211. The average molecular weight is 355 g/mol. The van der Waals surface area contributed by atoms with E-state index in [0.717, 1.165) is 6.42 Å². The van der Waals surface area contributed by atoms with Gasteiger partial charge in [0, 0.05) is 12.2 Å². The molecular formula is C19H24F3NO2. The Morgan fingerprint density at radius 2 is 1.68 bits per heavy atom. The number of nitrogens with zero attached hydrogens (tertiary/aromatic N) is 1. The highest BCUT2D eigenvalue weighted by molar-refractivity contribution is 6.00. The highest BCUT2D eigenvalue weighted by Crippen LogP contribution is 2.49. The van der Waals surface area contributed by atoms with E-state index in [1.54, 1.807) is 17.0 Å². The van der Waals surface area contributed by atoms with E-state index < -0.39 is 23.6 Å². The molecule has 1 aliphatic heterocycles. The predicted molar refractivity (Wildman–Crippen MR) is 89.3 cm³/mol. The highest BCUT2D eigenvalue weighted by Gasteiger charge is 2.51. The largest absolute Gasteiger partial charge is 0.393 e. The van der Waals surface area contributed by atoms with Gasteiger partial charge in [0.15, 0.2) is 0 Å². The molecule has 6 heteroatoms. The standard InChI is InChI=1S/C19H24F3NO2/c1-2-18(25)9-7-17(8-10-18)11-12-23(16(17)24)15-5-3-14(4-6-15)13-19(20,21)22/h3-6,25H,2,7-13H2,1H3. The van der Waals surface area contributed by atoms with Crippen LogP contribution < -0.4 is 4.90 Å². The van der Waals surface area contributed by atoms with Crippen molar-refractivity contribution in [1.82, 2.24) is 0 Å². The number of benzene rings is 1. The molecule has 0 atom stereocenters. The van der Waals surface area contributed by atoms with Gasteiger partial charge in [0.25, 0.3) is 0 Å². The molecule has 2 fully saturated rings. The molecule has 1 N–H and O–H groups in total. The monoisotopic (exact) mass is 355 g/mol. The Bertz CT molecular complexity index is 631. The zero-order chi connectivity index (χ0) is 18.3. The minimum atomic E-state index is -4.23. The van der Waals surface area contributed by atoms with Gasteiger partial charge in [-0.3, -0.25) is 4.79 Å². The van der Waals surface area contributed by atoms with Gasteiger partial charge in [-0.15, -0.1) is 0 Å². The smallest absolute Gasteiger partial charge is 0.390 e. The molecule has 0 aromatic heterocycles. The van der Waals surface area contributed by atoms with Crippen LogP contribution in [0.15, 0.2) is 24.3 Å². The van der Waals surface area contributed by atoms with E-state index in [1.807, 2.05) is 6.92 Å². The van der Waals surface area contributed by atoms with E-state index in [2.05, 4.69) is 0 Å². The average Bonchev–Trinajstić information content (AvgIpc) is 2.87. The van der Waals surface area contributed by atoms with Crippen molar-refractivity contribution in [3.63, 3.8) is 0 Å². The summed E-state index contributed by atoms with van der Waals surface area (Å²) in [6.07, 6.45) is -1.12. The molecule has 1 saturated carbocycles. The lowest BCUT2D eigenvalue weighted by molar-refractivity contribution is -0.131. The van der Waals surface area contributed by atoms with Gasteiger partial charge in [-0.1, -0.05) is 19.1 Å². The third-order valence-electron chi connectivity index (χ3n) is 5.96. The van der Waals surface area contributed by atoms with Crippen molar-refractivity contribution in [3.8, 4) is 0 Å². The van der Waals surface area contributed by atoms with Crippen molar-refractivity contribution in [2.75, 3.05) is 11.4 Å². The van der Waals surface area contributed by atoms with E-state index in [-0.39, 0.29) is 11.5 Å². The lowest BCUT2D eigenvalue weighted by atomic mass is 9.67. The van der Waals surface area contributed by atoms with Crippen LogP contribution in [-0.4, -0.2) is 29.3 Å². The second-order valence-electron chi connectivity index (χ2n) is 7.52. The quantitative estimate of drug-likeness (QED) is 0.881. The number of halogens is 3. The molecule has 1 aromatic carbocycles. The van der Waals surface area contributed by atoms with Gasteiger partial charge in [0.2, 0.25) is 5.91 Å². The summed E-state index contributed by atoms with van der Waals surface area (Å²) in [5, 5.41) is 10.4. The number of aliphatic hydroxyl groups is 1. The second-order valence-corrected chi connectivity index (χ2v) is 7.52. The summed E-state index contributed by atoms with van der Waals surface area (Å²) in [6.45, 7) is 2.55. The molecule has 1 amide bonds. The molecule has 0 bridgehead atoms. The molecule has 138 valence electrons. The summed E-state index contributed by atoms with van der Waals surface area (Å²) >= 11 is 0. The zero-order valence-corrected chi connectivity index (χ0v) is 14.4. The van der Waals surface area contributed by atoms with Gasteiger partial charge in [0.05, 0.1) is 17.4 Å². The fraction of sp³-hybridized carbons (Fsp3) is 0.632. The van der Waals surface area contributed by atoms with Crippen molar-refractivity contribution in [3.05, 3.63) is 29.8 Å². The number of hydrogen-bond acceptors (Lipinski definition) is 2. The number of alkyl halides is 3. The number of carbonyl (C=O) groups excluding carboxylic acids is 1. The summed E-state index contributed by atoms with van der Waals surface area (Å²) in [5.74, 6) is 0.0502. The van der Waals surface area contributed by atoms with Gasteiger partial charge in [0.1, 0.15) is 0 Å². The van der Waals surface area contributed by atoms with Gasteiger partial charge in [-0.05, 0) is 56.2 Å². The Balaban J connectivity index is 1.70. The summed E-state index contributed by atoms with van der Waals surface area (Å²) in [7, 11) is 0. The lowest BCUT2D eigenvalue weighted by Gasteiger charge is -2.40. The molecule has 0 radical (unpaired) electrons. The first-order valence-electron chi connectivity index (χ1n) is 8.87.